The van der Waals surface area contributed by atoms with Crippen molar-refractivity contribution in [3.63, 3.8) is 0 Å². The van der Waals surface area contributed by atoms with Crippen molar-refractivity contribution in [1.29, 1.82) is 0 Å². The Balaban J connectivity index is 0.000000195. The molecule has 0 saturated carbocycles. The first kappa shape index (κ1) is 25.2. The van der Waals surface area contributed by atoms with E-state index in [1.165, 1.54) is 11.1 Å². The molecule has 5 aromatic rings. The van der Waals surface area contributed by atoms with Gasteiger partial charge in [-0.3, -0.25) is 0 Å². The second kappa shape index (κ2) is 13.9. The van der Waals surface area contributed by atoms with Gasteiger partial charge in [0.2, 0.25) is 0 Å². The summed E-state index contributed by atoms with van der Waals surface area (Å²) < 4.78 is 0. The Bertz CT molecular complexity index is 1390. The maximum atomic E-state index is 10.2. The maximum Gasteiger partial charge on any atom is 0.123 e. The Labute approximate surface area is 220 Å². The van der Waals surface area contributed by atoms with Crippen LogP contribution in [-0.4, -0.2) is 5.11 Å². The zero-order chi connectivity index (χ0) is 25.5. The Morgan fingerprint density at radius 1 is 0.324 bits per heavy atom. The third-order valence-corrected chi connectivity index (χ3v) is 5.68. The molecule has 0 aliphatic heterocycles. The third kappa shape index (κ3) is 8.38. The van der Waals surface area contributed by atoms with Gasteiger partial charge in [0, 0.05) is 5.56 Å². The van der Waals surface area contributed by atoms with Crippen LogP contribution < -0.4 is 0 Å². The molecular formula is C36H30O. The van der Waals surface area contributed by atoms with Gasteiger partial charge in [0.25, 0.3) is 0 Å². The van der Waals surface area contributed by atoms with Crippen molar-refractivity contribution < 1.29 is 5.11 Å². The number of phenolic OH excluding ortho intramolecular Hbond substituents is 1. The highest BCUT2D eigenvalue weighted by molar-refractivity contribution is 5.81. The van der Waals surface area contributed by atoms with Crippen LogP contribution in [-0.2, 0) is 0 Å². The van der Waals surface area contributed by atoms with E-state index in [9.17, 15) is 5.11 Å². The van der Waals surface area contributed by atoms with E-state index in [-0.39, 0.29) is 5.75 Å². The lowest BCUT2D eigenvalue weighted by Gasteiger charge is -2.04. The second-order valence-corrected chi connectivity index (χ2v) is 8.42. The van der Waals surface area contributed by atoms with Crippen molar-refractivity contribution in [1.82, 2.24) is 0 Å². The molecular weight excluding hydrogens is 448 g/mol. The van der Waals surface area contributed by atoms with E-state index in [1.54, 1.807) is 6.07 Å². The van der Waals surface area contributed by atoms with E-state index in [4.69, 9.17) is 0 Å². The van der Waals surface area contributed by atoms with Gasteiger partial charge in [-0.25, -0.2) is 0 Å². The van der Waals surface area contributed by atoms with Crippen molar-refractivity contribution in [2.24, 2.45) is 0 Å². The first-order valence-electron chi connectivity index (χ1n) is 12.3. The van der Waals surface area contributed by atoms with Gasteiger partial charge >= 0.3 is 0 Å². The highest BCUT2D eigenvalue weighted by Gasteiger charge is 2.02. The minimum Gasteiger partial charge on any atom is -0.507 e. The summed E-state index contributed by atoms with van der Waals surface area (Å²) in [6.07, 6.45) is 12.3. The van der Waals surface area contributed by atoms with Crippen molar-refractivity contribution in [2.75, 3.05) is 0 Å². The van der Waals surface area contributed by atoms with Gasteiger partial charge in [0.15, 0.2) is 0 Å². The van der Waals surface area contributed by atoms with Crippen LogP contribution >= 0.6 is 0 Å². The predicted molar refractivity (Wildman–Crippen MR) is 161 cm³/mol. The van der Waals surface area contributed by atoms with Crippen molar-refractivity contribution in [3.8, 4) is 5.75 Å². The van der Waals surface area contributed by atoms with E-state index < -0.39 is 0 Å². The van der Waals surface area contributed by atoms with Gasteiger partial charge in [-0.1, -0.05) is 170 Å². The molecule has 1 heteroatoms. The molecule has 0 aromatic heterocycles. The molecule has 5 aromatic carbocycles. The number of aromatic hydroxyl groups is 1. The Morgan fingerprint density at radius 2 is 0.676 bits per heavy atom. The summed E-state index contributed by atoms with van der Waals surface area (Å²) in [6.45, 7) is 0. The van der Waals surface area contributed by atoms with E-state index in [1.807, 2.05) is 115 Å². The average Bonchev–Trinajstić information content (AvgIpc) is 2.97. The molecule has 0 saturated heterocycles. The lowest BCUT2D eigenvalue weighted by atomic mass is 10.0. The lowest BCUT2D eigenvalue weighted by Crippen LogP contribution is -1.82. The van der Waals surface area contributed by atoms with Gasteiger partial charge in [0.1, 0.15) is 5.75 Å². The lowest BCUT2D eigenvalue weighted by molar-refractivity contribution is 0.474. The molecule has 0 amide bonds. The fraction of sp³-hybridized carbons (Fsp3) is 0. The molecule has 0 aliphatic rings. The van der Waals surface area contributed by atoms with Gasteiger partial charge in [0.05, 0.1) is 0 Å². The Hall–Kier alpha value is -4.88. The molecule has 0 aliphatic carbocycles. The van der Waals surface area contributed by atoms with Crippen LogP contribution in [0, 0.1) is 0 Å². The van der Waals surface area contributed by atoms with Crippen LogP contribution in [0.2, 0.25) is 0 Å². The normalized spacial score (nSPS) is 11.0. The average molecular weight is 479 g/mol. The summed E-state index contributed by atoms with van der Waals surface area (Å²) in [5.41, 5.74) is 6.51. The number of benzene rings is 5. The van der Waals surface area contributed by atoms with Crippen LogP contribution in [0.1, 0.15) is 33.4 Å². The van der Waals surface area contributed by atoms with Gasteiger partial charge in [-0.15, -0.1) is 0 Å². The summed E-state index contributed by atoms with van der Waals surface area (Å²) in [7, 11) is 0. The van der Waals surface area contributed by atoms with E-state index in [2.05, 4.69) is 54.6 Å². The van der Waals surface area contributed by atoms with E-state index in [0.717, 1.165) is 22.3 Å². The third-order valence-electron chi connectivity index (χ3n) is 5.68. The van der Waals surface area contributed by atoms with Gasteiger partial charge in [-0.2, -0.15) is 0 Å². The van der Waals surface area contributed by atoms with Crippen LogP contribution in [0.3, 0.4) is 0 Å². The summed E-state index contributed by atoms with van der Waals surface area (Å²) in [5, 5.41) is 10.2. The standard InChI is InChI=1S/C22H18O.C14H12/c23-22-13-7-12-20(16-14-18-8-3-1-4-9-18)21(22)17-15-19-10-5-2-6-11-19;1-3-7-13(8-4-1)11-12-14-9-5-2-6-10-14/h1-17,23H;1-12H. The fourth-order valence-electron chi connectivity index (χ4n) is 3.71. The molecule has 0 spiro atoms. The monoisotopic (exact) mass is 478 g/mol. The summed E-state index contributed by atoms with van der Waals surface area (Å²) in [5.74, 6) is 0.285. The van der Waals surface area contributed by atoms with E-state index >= 15 is 0 Å². The molecule has 0 fully saturated rings. The highest BCUT2D eigenvalue weighted by atomic mass is 16.3. The second-order valence-electron chi connectivity index (χ2n) is 8.42. The predicted octanol–water partition coefficient (Wildman–Crippen LogP) is 9.59. The first-order valence-corrected chi connectivity index (χ1v) is 12.3. The van der Waals surface area contributed by atoms with Crippen molar-refractivity contribution >= 4 is 36.5 Å². The smallest absolute Gasteiger partial charge is 0.123 e. The molecule has 37 heavy (non-hydrogen) atoms. The van der Waals surface area contributed by atoms with E-state index in [0.29, 0.717) is 0 Å². The Kier molecular flexibility index (Phi) is 9.45. The molecule has 5 rings (SSSR count). The summed E-state index contributed by atoms with van der Waals surface area (Å²) >= 11 is 0. The maximum absolute atomic E-state index is 10.2. The molecule has 0 radical (unpaired) electrons. The first-order chi connectivity index (χ1) is 18.3. The molecule has 0 heterocycles. The largest absolute Gasteiger partial charge is 0.507 e. The minimum absolute atomic E-state index is 0.285. The van der Waals surface area contributed by atoms with Crippen LogP contribution in [0.25, 0.3) is 36.5 Å². The SMILES string of the molecule is C(=Cc1ccccc1)c1ccccc1.Oc1cccc(C=Cc2ccccc2)c1C=Cc1ccccc1. The quantitative estimate of drug-likeness (QED) is 0.241. The zero-order valence-electron chi connectivity index (χ0n) is 20.7. The van der Waals surface area contributed by atoms with Crippen LogP contribution in [0.15, 0.2) is 140 Å². The number of phenols is 1. The van der Waals surface area contributed by atoms with Crippen LogP contribution in [0.4, 0.5) is 0 Å². The molecule has 180 valence electrons. The molecule has 1 nitrogen and oxygen atoms in total. The minimum atomic E-state index is 0.285. The fourth-order valence-corrected chi connectivity index (χ4v) is 3.71. The van der Waals surface area contributed by atoms with Crippen LogP contribution in [0.5, 0.6) is 5.75 Å². The van der Waals surface area contributed by atoms with Gasteiger partial charge < -0.3 is 5.11 Å². The highest BCUT2D eigenvalue weighted by Crippen LogP contribution is 2.25. The molecule has 0 unspecified atom stereocenters. The number of hydrogen-bond donors (Lipinski definition) is 1. The summed E-state index contributed by atoms with van der Waals surface area (Å²) in [4.78, 5) is 0. The summed E-state index contributed by atoms with van der Waals surface area (Å²) in [6, 6.07) is 46.4. The molecule has 0 atom stereocenters. The number of rotatable bonds is 6. The van der Waals surface area contributed by atoms with Gasteiger partial charge in [-0.05, 0) is 33.9 Å². The van der Waals surface area contributed by atoms with Crippen molar-refractivity contribution in [3.05, 3.63) is 173 Å². The molecule has 1 N–H and O–H groups in total. The Morgan fingerprint density at radius 3 is 1.08 bits per heavy atom. The zero-order valence-corrected chi connectivity index (χ0v) is 20.7. The molecule has 0 bridgehead atoms. The topological polar surface area (TPSA) is 20.2 Å². The number of hydrogen-bond acceptors (Lipinski definition) is 1. The van der Waals surface area contributed by atoms with Crippen molar-refractivity contribution in [2.45, 2.75) is 0 Å².